The van der Waals surface area contributed by atoms with Crippen LogP contribution in [0.2, 0.25) is 0 Å². The maximum atomic E-state index is 13.8. The molecule has 4 amide bonds. The molecule has 312 valence electrons. The van der Waals surface area contributed by atoms with Gasteiger partial charge in [-0.25, -0.2) is 4.79 Å². The number of phenols is 1. The van der Waals surface area contributed by atoms with Crippen LogP contribution >= 0.6 is 0 Å². The number of hydrogen-bond acceptors (Lipinski definition) is 10. The zero-order chi connectivity index (χ0) is 41.5. The molecule has 4 N–H and O–H groups in total. The number of fused-ring (bicyclic) bond motifs is 1. The molecule has 3 aromatic carbocycles. The van der Waals surface area contributed by atoms with Crippen molar-refractivity contribution in [3.05, 3.63) is 95.2 Å². The van der Waals surface area contributed by atoms with Gasteiger partial charge in [0.2, 0.25) is 5.91 Å². The molecule has 0 spiro atoms. The number of likely N-dealkylation sites (tertiary alicyclic amines) is 2. The van der Waals surface area contributed by atoms with Crippen LogP contribution in [0.3, 0.4) is 0 Å². The van der Waals surface area contributed by atoms with E-state index in [9.17, 15) is 19.5 Å². The topological polar surface area (TPSA) is 162 Å². The standard InChI is InChI=1S/C46H53N9O5/c1-29-24-32(10-11-34(29)42-28-53(22-23-60-42)40-26-37(49-50-44(40)47)35-6-3-4-9-41(35)56)45(58)52-19-12-31(13-20-52)27-51-17-14-33(15-18-51)55-30(2)25-36-38(7-5-8-39(36)55)54-21-16-43(57)48-46(54)59/h3-11,24-26,31,33,42,56H,12-23,27-28H2,1-2H3,(H2,47,50)(H,48,57,59)/t42-/m0/s1. The Morgan fingerprint density at radius 2 is 1.68 bits per heavy atom. The molecule has 9 rings (SSSR count). The fourth-order valence-electron chi connectivity index (χ4n) is 9.80. The number of nitrogens with zero attached hydrogens (tertiary/aromatic N) is 7. The van der Waals surface area contributed by atoms with Crippen LogP contribution < -0.4 is 20.9 Å². The van der Waals surface area contributed by atoms with E-state index in [1.807, 2.05) is 54.3 Å². The van der Waals surface area contributed by atoms with E-state index in [1.165, 1.54) is 5.69 Å². The Morgan fingerprint density at radius 3 is 2.45 bits per heavy atom. The number of phenolic OH excluding ortho intramolecular Hbond substituents is 1. The monoisotopic (exact) mass is 811 g/mol. The number of anilines is 3. The molecule has 5 aromatic rings. The number of urea groups is 1. The SMILES string of the molecule is Cc1cc(C(=O)N2CCC(CN3CCC(n4c(C)cc5c(N6CCC(=O)NC6=O)cccc54)CC3)CC2)ccc1[C@@H]1CN(c2cc(-c3ccccc3O)nnc2N)CCO1. The van der Waals surface area contributed by atoms with Crippen molar-refractivity contribution in [3.8, 4) is 17.0 Å². The Labute approximate surface area is 349 Å². The van der Waals surface area contributed by atoms with Gasteiger partial charge in [-0.1, -0.05) is 24.3 Å². The van der Waals surface area contributed by atoms with Crippen molar-refractivity contribution >= 4 is 45.9 Å². The first-order valence-corrected chi connectivity index (χ1v) is 21.2. The van der Waals surface area contributed by atoms with Gasteiger partial charge in [-0.05, 0) is 105 Å². The van der Waals surface area contributed by atoms with Crippen LogP contribution in [-0.4, -0.2) is 106 Å². The highest BCUT2D eigenvalue weighted by atomic mass is 16.5. The third-order valence-corrected chi connectivity index (χ3v) is 13.0. The number of aryl methyl sites for hydroxylation is 2. The molecule has 6 heterocycles. The number of aromatic hydroxyl groups is 1. The summed E-state index contributed by atoms with van der Waals surface area (Å²) >= 11 is 0. The van der Waals surface area contributed by atoms with Crippen molar-refractivity contribution in [1.29, 1.82) is 0 Å². The molecule has 14 nitrogen and oxygen atoms in total. The van der Waals surface area contributed by atoms with Crippen LogP contribution in [0.15, 0.2) is 72.8 Å². The molecule has 4 fully saturated rings. The molecular weight excluding hydrogens is 759 g/mol. The Kier molecular flexibility index (Phi) is 10.9. The number of benzene rings is 3. The number of nitrogens with one attached hydrogen (secondary N) is 1. The molecule has 14 heteroatoms. The summed E-state index contributed by atoms with van der Waals surface area (Å²) in [5, 5.41) is 22.4. The van der Waals surface area contributed by atoms with E-state index in [2.05, 4.69) is 48.9 Å². The molecule has 0 bridgehead atoms. The van der Waals surface area contributed by atoms with Crippen molar-refractivity contribution in [1.82, 2.24) is 29.9 Å². The first kappa shape index (κ1) is 39.5. The predicted molar refractivity (Wildman–Crippen MR) is 231 cm³/mol. The third-order valence-electron chi connectivity index (χ3n) is 13.0. The lowest BCUT2D eigenvalue weighted by Gasteiger charge is -2.38. The van der Waals surface area contributed by atoms with Gasteiger partial charge in [0.25, 0.3) is 5.91 Å². The summed E-state index contributed by atoms with van der Waals surface area (Å²) in [5.74, 6) is 0.858. The van der Waals surface area contributed by atoms with Gasteiger partial charge in [0.1, 0.15) is 11.9 Å². The number of hydrogen-bond donors (Lipinski definition) is 3. The summed E-state index contributed by atoms with van der Waals surface area (Å²) in [6.07, 6.45) is 4.18. The number of imide groups is 1. The Morgan fingerprint density at radius 1 is 0.883 bits per heavy atom. The summed E-state index contributed by atoms with van der Waals surface area (Å²) in [5.41, 5.74) is 14.1. The normalized spacial score (nSPS) is 19.9. The molecule has 60 heavy (non-hydrogen) atoms. The quantitative estimate of drug-likeness (QED) is 0.164. The van der Waals surface area contributed by atoms with Crippen LogP contribution in [0.5, 0.6) is 5.75 Å². The molecule has 0 saturated carbocycles. The lowest BCUT2D eigenvalue weighted by molar-refractivity contribution is -0.120. The highest BCUT2D eigenvalue weighted by Gasteiger charge is 2.31. The molecule has 0 aliphatic carbocycles. The van der Waals surface area contributed by atoms with Crippen LogP contribution in [0.1, 0.15) is 71.4 Å². The number of nitrogens with two attached hydrogens (primary N) is 1. The molecule has 4 aliphatic rings. The molecule has 1 atom stereocenters. The molecule has 4 aliphatic heterocycles. The summed E-state index contributed by atoms with van der Waals surface area (Å²) < 4.78 is 8.71. The minimum absolute atomic E-state index is 0.0781. The minimum Gasteiger partial charge on any atom is -0.507 e. The van der Waals surface area contributed by atoms with Gasteiger partial charge in [-0.15, -0.1) is 10.2 Å². The van der Waals surface area contributed by atoms with Gasteiger partial charge in [0, 0.05) is 87.0 Å². The van der Waals surface area contributed by atoms with Crippen molar-refractivity contribution in [2.24, 2.45) is 5.92 Å². The second-order valence-corrected chi connectivity index (χ2v) is 16.8. The minimum atomic E-state index is -0.356. The van der Waals surface area contributed by atoms with E-state index in [0.717, 1.165) is 91.8 Å². The van der Waals surface area contributed by atoms with Gasteiger partial charge in [-0.3, -0.25) is 19.8 Å². The fraction of sp³-hybridized carbons (Fsp3) is 0.413. The zero-order valence-corrected chi connectivity index (χ0v) is 34.3. The number of rotatable bonds is 8. The summed E-state index contributed by atoms with van der Waals surface area (Å²) in [6, 6.07) is 23.2. The van der Waals surface area contributed by atoms with E-state index >= 15 is 0 Å². The van der Waals surface area contributed by atoms with Crippen LogP contribution in [0, 0.1) is 19.8 Å². The maximum Gasteiger partial charge on any atom is 0.328 e. The van der Waals surface area contributed by atoms with Crippen molar-refractivity contribution in [3.63, 3.8) is 0 Å². The molecule has 0 radical (unpaired) electrons. The van der Waals surface area contributed by atoms with E-state index < -0.39 is 0 Å². The molecule has 4 saturated heterocycles. The van der Waals surface area contributed by atoms with Crippen LogP contribution in [-0.2, 0) is 9.53 Å². The van der Waals surface area contributed by atoms with Gasteiger partial charge in [0.15, 0.2) is 5.82 Å². The number of amides is 4. The number of piperidine rings is 2. The number of aromatic nitrogens is 3. The first-order valence-electron chi connectivity index (χ1n) is 21.2. The fourth-order valence-corrected chi connectivity index (χ4v) is 9.80. The number of ether oxygens (including phenoxy) is 1. The molecule has 2 aromatic heterocycles. The molecule has 0 unspecified atom stereocenters. The number of carbonyl (C=O) groups is 3. The van der Waals surface area contributed by atoms with Gasteiger partial charge in [0.05, 0.1) is 29.2 Å². The van der Waals surface area contributed by atoms with Gasteiger partial charge < -0.3 is 34.8 Å². The van der Waals surface area contributed by atoms with Gasteiger partial charge in [-0.2, -0.15) is 0 Å². The number of para-hydroxylation sites is 1. The Balaban J connectivity index is 0.777. The van der Waals surface area contributed by atoms with Gasteiger partial charge >= 0.3 is 6.03 Å². The highest BCUT2D eigenvalue weighted by molar-refractivity contribution is 6.09. The van der Waals surface area contributed by atoms with E-state index in [-0.39, 0.29) is 29.7 Å². The first-order chi connectivity index (χ1) is 29.1. The zero-order valence-electron chi connectivity index (χ0n) is 34.3. The second-order valence-electron chi connectivity index (χ2n) is 16.8. The largest absolute Gasteiger partial charge is 0.507 e. The van der Waals surface area contributed by atoms with E-state index in [4.69, 9.17) is 10.5 Å². The van der Waals surface area contributed by atoms with Crippen LogP contribution in [0.25, 0.3) is 22.2 Å². The summed E-state index contributed by atoms with van der Waals surface area (Å²) in [6.45, 7) is 10.9. The Bertz CT molecular complexity index is 2430. The summed E-state index contributed by atoms with van der Waals surface area (Å²) in [4.78, 5) is 46.7. The summed E-state index contributed by atoms with van der Waals surface area (Å²) in [7, 11) is 0. The number of carbonyl (C=O) groups excluding carboxylic acids is 3. The van der Waals surface area contributed by atoms with Crippen molar-refractivity contribution in [2.45, 2.75) is 58.1 Å². The van der Waals surface area contributed by atoms with Crippen molar-refractivity contribution in [2.75, 3.05) is 74.5 Å². The maximum absolute atomic E-state index is 13.8. The predicted octanol–water partition coefficient (Wildman–Crippen LogP) is 6.22. The average molecular weight is 812 g/mol. The number of nitrogen functional groups attached to an aromatic ring is 1. The number of morpholine rings is 1. The lowest BCUT2D eigenvalue weighted by atomic mass is 9.93. The lowest BCUT2D eigenvalue weighted by Crippen LogP contribution is -2.49. The Hall–Kier alpha value is -5.99. The highest BCUT2D eigenvalue weighted by Crippen LogP contribution is 2.37. The average Bonchev–Trinajstić information content (AvgIpc) is 3.60. The smallest absolute Gasteiger partial charge is 0.328 e. The van der Waals surface area contributed by atoms with E-state index in [1.54, 1.807) is 23.1 Å². The van der Waals surface area contributed by atoms with Crippen molar-refractivity contribution < 1.29 is 24.2 Å². The second kappa shape index (κ2) is 16.6. The van der Waals surface area contributed by atoms with E-state index in [0.29, 0.717) is 67.3 Å². The third kappa shape index (κ3) is 7.77. The molecular formula is C46H53N9O5. The van der Waals surface area contributed by atoms with Crippen LogP contribution in [0.4, 0.5) is 22.0 Å².